The van der Waals surface area contributed by atoms with Crippen LogP contribution >= 0.6 is 0 Å². The molecule has 0 bridgehead atoms. The summed E-state index contributed by atoms with van der Waals surface area (Å²) in [5, 5.41) is 6.84. The van der Waals surface area contributed by atoms with Gasteiger partial charge < -0.3 is 10.6 Å². The highest BCUT2D eigenvalue weighted by molar-refractivity contribution is 5.90. The van der Waals surface area contributed by atoms with E-state index < -0.39 is 5.91 Å². The quantitative estimate of drug-likeness (QED) is 0.749. The van der Waals surface area contributed by atoms with E-state index >= 15 is 0 Å². The van der Waals surface area contributed by atoms with Crippen LogP contribution in [0.4, 0.5) is 0 Å². The molecular formula is C20H26N4O2. The number of aromatic amines is 1. The Bertz CT molecular complexity index is 733. The average Bonchev–Trinajstić information content (AvgIpc) is 3.17. The first-order valence-electron chi connectivity index (χ1n) is 9.30. The summed E-state index contributed by atoms with van der Waals surface area (Å²) in [7, 11) is 0. The van der Waals surface area contributed by atoms with E-state index in [0.29, 0.717) is 12.3 Å². The molecule has 6 heteroatoms. The van der Waals surface area contributed by atoms with Gasteiger partial charge in [0.25, 0.3) is 5.91 Å². The van der Waals surface area contributed by atoms with E-state index in [9.17, 15) is 9.59 Å². The van der Waals surface area contributed by atoms with Gasteiger partial charge in [-0.05, 0) is 43.7 Å². The lowest BCUT2D eigenvalue weighted by atomic mass is 9.93. The number of carbonyl (C=O) groups is 2. The fraction of sp³-hybridized carbons (Fsp3) is 0.450. The summed E-state index contributed by atoms with van der Waals surface area (Å²) < 4.78 is 0. The van der Waals surface area contributed by atoms with Crippen LogP contribution in [0.25, 0.3) is 0 Å². The third-order valence-corrected chi connectivity index (χ3v) is 5.09. The van der Waals surface area contributed by atoms with Gasteiger partial charge in [0.2, 0.25) is 5.91 Å². The number of likely N-dealkylation sites (tertiary alicyclic amines) is 1. The Labute approximate surface area is 153 Å². The Morgan fingerprint density at radius 2 is 1.88 bits per heavy atom. The Morgan fingerprint density at radius 1 is 1.15 bits per heavy atom. The predicted octanol–water partition coefficient (Wildman–Crippen LogP) is 2.63. The summed E-state index contributed by atoms with van der Waals surface area (Å²) in [6, 6.07) is 12.1. The Hall–Kier alpha value is -2.63. The zero-order valence-electron chi connectivity index (χ0n) is 15.0. The molecule has 0 radical (unpaired) electrons. The maximum Gasteiger partial charge on any atom is 0.269 e. The van der Waals surface area contributed by atoms with Crippen molar-refractivity contribution >= 4 is 11.8 Å². The van der Waals surface area contributed by atoms with Crippen molar-refractivity contribution in [3.05, 3.63) is 53.3 Å². The average molecular weight is 354 g/mol. The van der Waals surface area contributed by atoms with E-state index in [0.717, 1.165) is 50.9 Å². The van der Waals surface area contributed by atoms with Crippen LogP contribution in [0.2, 0.25) is 0 Å². The number of hydrogen-bond donors (Lipinski definition) is 2. The second kappa shape index (κ2) is 8.65. The number of nitrogens with one attached hydrogen (secondary N) is 1. The number of aryl methyl sites for hydroxylation is 1. The molecule has 1 aromatic carbocycles. The lowest BCUT2D eigenvalue weighted by Crippen LogP contribution is -2.37. The van der Waals surface area contributed by atoms with Gasteiger partial charge in [0, 0.05) is 31.1 Å². The summed E-state index contributed by atoms with van der Waals surface area (Å²) in [6.07, 6.45) is 5.38. The third-order valence-electron chi connectivity index (χ3n) is 5.09. The number of aromatic nitrogens is 2. The van der Waals surface area contributed by atoms with Gasteiger partial charge in [0.1, 0.15) is 5.69 Å². The van der Waals surface area contributed by atoms with Crippen LogP contribution < -0.4 is 5.73 Å². The Kier molecular flexibility index (Phi) is 6.04. The molecule has 2 aromatic rings. The minimum atomic E-state index is -0.518. The lowest BCUT2D eigenvalue weighted by Gasteiger charge is -2.31. The molecule has 26 heavy (non-hydrogen) atoms. The van der Waals surface area contributed by atoms with E-state index in [-0.39, 0.29) is 11.6 Å². The zero-order valence-corrected chi connectivity index (χ0v) is 15.0. The number of primary amides is 1. The summed E-state index contributed by atoms with van der Waals surface area (Å²) in [4.78, 5) is 25.5. The number of carbonyl (C=O) groups excluding carboxylic acids is 2. The van der Waals surface area contributed by atoms with Gasteiger partial charge in [-0.1, -0.05) is 30.3 Å². The molecule has 1 aliphatic rings. The molecule has 2 amide bonds. The molecule has 3 N–H and O–H groups in total. The number of hydrogen-bond acceptors (Lipinski definition) is 3. The van der Waals surface area contributed by atoms with Crippen molar-refractivity contribution in [3.8, 4) is 0 Å². The lowest BCUT2D eigenvalue weighted by molar-refractivity contribution is -0.132. The first kappa shape index (κ1) is 18.2. The number of benzene rings is 1. The number of nitrogens with two attached hydrogens (primary N) is 1. The van der Waals surface area contributed by atoms with Gasteiger partial charge in [-0.3, -0.25) is 14.7 Å². The van der Waals surface area contributed by atoms with E-state index in [4.69, 9.17) is 5.73 Å². The molecule has 0 atom stereocenters. The van der Waals surface area contributed by atoms with Gasteiger partial charge in [-0.2, -0.15) is 5.10 Å². The molecule has 1 aliphatic heterocycles. The van der Waals surface area contributed by atoms with Crippen molar-refractivity contribution < 1.29 is 9.59 Å². The normalized spacial score (nSPS) is 15.2. The van der Waals surface area contributed by atoms with Crippen LogP contribution in [0.3, 0.4) is 0 Å². The van der Waals surface area contributed by atoms with Gasteiger partial charge >= 0.3 is 0 Å². The Morgan fingerprint density at radius 3 is 2.54 bits per heavy atom. The largest absolute Gasteiger partial charge is 0.364 e. The molecule has 2 heterocycles. The predicted molar refractivity (Wildman–Crippen MR) is 99.7 cm³/mol. The van der Waals surface area contributed by atoms with Crippen LogP contribution in [-0.2, 0) is 11.2 Å². The van der Waals surface area contributed by atoms with Crippen molar-refractivity contribution in [1.29, 1.82) is 0 Å². The summed E-state index contributed by atoms with van der Waals surface area (Å²) in [5.74, 6) is 0.0345. The van der Waals surface area contributed by atoms with Crippen LogP contribution in [0.1, 0.15) is 59.8 Å². The van der Waals surface area contributed by atoms with Crippen molar-refractivity contribution in [3.63, 3.8) is 0 Å². The first-order valence-corrected chi connectivity index (χ1v) is 9.30. The number of unbranched alkanes of at least 4 members (excludes halogenated alkanes) is 1. The number of piperidine rings is 1. The summed E-state index contributed by atoms with van der Waals surface area (Å²) in [6.45, 7) is 1.51. The molecule has 0 unspecified atom stereocenters. The van der Waals surface area contributed by atoms with E-state index in [1.807, 2.05) is 11.0 Å². The molecular weight excluding hydrogens is 328 g/mol. The number of nitrogens with zero attached hydrogens (tertiary/aromatic N) is 2. The molecule has 0 aliphatic carbocycles. The molecule has 1 aromatic heterocycles. The highest BCUT2D eigenvalue weighted by Gasteiger charge is 2.25. The molecule has 138 valence electrons. The molecule has 0 spiro atoms. The summed E-state index contributed by atoms with van der Waals surface area (Å²) >= 11 is 0. The van der Waals surface area contributed by atoms with E-state index in [2.05, 4.69) is 34.5 Å². The van der Waals surface area contributed by atoms with Crippen LogP contribution in [0, 0.1) is 0 Å². The van der Waals surface area contributed by atoms with Gasteiger partial charge in [0.05, 0.1) is 0 Å². The molecule has 6 nitrogen and oxygen atoms in total. The summed E-state index contributed by atoms with van der Waals surface area (Å²) in [5.41, 5.74) is 7.78. The number of H-pyrrole nitrogens is 1. The maximum absolute atomic E-state index is 12.4. The first-order chi connectivity index (χ1) is 12.6. The van der Waals surface area contributed by atoms with Crippen LogP contribution in [0.5, 0.6) is 0 Å². The highest BCUT2D eigenvalue weighted by Crippen LogP contribution is 2.27. The van der Waals surface area contributed by atoms with E-state index in [1.165, 1.54) is 5.56 Å². The van der Waals surface area contributed by atoms with Crippen LogP contribution in [-0.4, -0.2) is 40.0 Å². The second-order valence-corrected chi connectivity index (χ2v) is 6.92. The van der Waals surface area contributed by atoms with Crippen molar-refractivity contribution in [2.24, 2.45) is 5.73 Å². The van der Waals surface area contributed by atoms with Crippen LogP contribution in [0.15, 0.2) is 36.4 Å². The van der Waals surface area contributed by atoms with E-state index in [1.54, 1.807) is 6.07 Å². The van der Waals surface area contributed by atoms with Gasteiger partial charge in [-0.15, -0.1) is 0 Å². The fourth-order valence-electron chi connectivity index (χ4n) is 3.52. The smallest absolute Gasteiger partial charge is 0.269 e. The molecule has 0 saturated carbocycles. The molecule has 1 fully saturated rings. The zero-order chi connectivity index (χ0) is 18.4. The Balaban J connectivity index is 1.38. The fourth-order valence-corrected chi connectivity index (χ4v) is 3.52. The molecule has 3 rings (SSSR count). The van der Waals surface area contributed by atoms with Gasteiger partial charge in [-0.25, -0.2) is 0 Å². The SMILES string of the molecule is NC(=O)c1cc(C2CCN(C(=O)CCCCc3ccccc3)CC2)[nH]n1. The number of amides is 2. The van der Waals surface area contributed by atoms with Crippen molar-refractivity contribution in [2.75, 3.05) is 13.1 Å². The minimum absolute atomic E-state index is 0.249. The maximum atomic E-state index is 12.4. The standard InChI is InChI=1S/C20H26N4O2/c21-20(26)18-14-17(22-23-18)16-10-12-24(13-11-16)19(25)9-5-4-8-15-6-2-1-3-7-15/h1-3,6-7,14,16H,4-5,8-13H2,(H2,21,26)(H,22,23). The third kappa shape index (κ3) is 4.71. The van der Waals surface area contributed by atoms with Gasteiger partial charge in [0.15, 0.2) is 0 Å². The topological polar surface area (TPSA) is 92.1 Å². The van der Waals surface area contributed by atoms with Crippen molar-refractivity contribution in [2.45, 2.75) is 44.4 Å². The number of rotatable bonds is 7. The molecule has 1 saturated heterocycles. The van der Waals surface area contributed by atoms with Crippen molar-refractivity contribution in [1.82, 2.24) is 15.1 Å². The minimum Gasteiger partial charge on any atom is -0.364 e. The second-order valence-electron chi connectivity index (χ2n) is 6.92. The monoisotopic (exact) mass is 354 g/mol. The highest BCUT2D eigenvalue weighted by atomic mass is 16.2.